The summed E-state index contributed by atoms with van der Waals surface area (Å²) >= 11 is 1.23. The van der Waals surface area contributed by atoms with Crippen molar-refractivity contribution >= 4 is 32.2 Å². The maximum Gasteiger partial charge on any atom is 0.261 e. The zero-order valence-electron chi connectivity index (χ0n) is 13.7. The molecule has 0 radical (unpaired) electrons. The number of nitrogen functional groups attached to an aromatic ring is 1. The fourth-order valence-electron chi connectivity index (χ4n) is 2.06. The topological polar surface area (TPSA) is 116 Å². The molecule has 26 heavy (non-hydrogen) atoms. The Hall–Kier alpha value is -2.85. The molecule has 0 unspecified atom stereocenters. The molecule has 1 heterocycles. The number of methoxy groups -OCH3 is 1. The van der Waals surface area contributed by atoms with Crippen LogP contribution in [0.25, 0.3) is 0 Å². The third kappa shape index (κ3) is 4.41. The van der Waals surface area contributed by atoms with Crippen molar-refractivity contribution in [3.63, 3.8) is 0 Å². The van der Waals surface area contributed by atoms with Crippen molar-refractivity contribution in [3.8, 4) is 11.5 Å². The molecule has 0 aliphatic carbocycles. The predicted octanol–water partition coefficient (Wildman–Crippen LogP) is 2.51. The number of benzene rings is 2. The molecule has 0 atom stereocenters. The second-order valence-corrected chi connectivity index (χ2v) is 7.90. The van der Waals surface area contributed by atoms with Crippen LogP contribution in [-0.2, 0) is 16.6 Å². The quantitative estimate of drug-likeness (QED) is 0.634. The van der Waals surface area contributed by atoms with Crippen LogP contribution in [-0.4, -0.2) is 25.7 Å². The molecule has 1 aromatic heterocycles. The van der Waals surface area contributed by atoms with Gasteiger partial charge in [-0.15, -0.1) is 10.2 Å². The number of ether oxygens (including phenoxy) is 2. The molecule has 8 nitrogen and oxygen atoms in total. The van der Waals surface area contributed by atoms with Gasteiger partial charge in [-0.3, -0.25) is 4.72 Å². The number of aromatic nitrogens is 2. The average molecular weight is 392 g/mol. The fourth-order valence-corrected chi connectivity index (χ4v) is 3.64. The molecule has 0 spiro atoms. The van der Waals surface area contributed by atoms with Crippen LogP contribution in [0, 0.1) is 0 Å². The van der Waals surface area contributed by atoms with Crippen molar-refractivity contribution in [2.24, 2.45) is 0 Å². The van der Waals surface area contributed by atoms with Crippen molar-refractivity contribution in [2.45, 2.75) is 11.5 Å². The Morgan fingerprint density at radius 3 is 2.27 bits per heavy atom. The molecule has 0 aliphatic heterocycles. The van der Waals surface area contributed by atoms with Crippen LogP contribution in [0.2, 0.25) is 0 Å². The van der Waals surface area contributed by atoms with E-state index in [0.29, 0.717) is 27.3 Å². The van der Waals surface area contributed by atoms with Crippen molar-refractivity contribution in [3.05, 3.63) is 53.5 Å². The fraction of sp³-hybridized carbons (Fsp3) is 0.125. The molecular weight excluding hydrogens is 376 g/mol. The number of rotatable bonds is 7. The van der Waals surface area contributed by atoms with Gasteiger partial charge in [0.25, 0.3) is 10.0 Å². The van der Waals surface area contributed by atoms with Crippen LogP contribution in [0.4, 0.5) is 10.8 Å². The van der Waals surface area contributed by atoms with E-state index in [1.165, 1.54) is 23.5 Å². The van der Waals surface area contributed by atoms with Gasteiger partial charge in [0.05, 0.1) is 12.0 Å². The highest BCUT2D eigenvalue weighted by molar-refractivity contribution is 7.92. The van der Waals surface area contributed by atoms with E-state index in [9.17, 15) is 8.42 Å². The number of hydrogen-bond donors (Lipinski definition) is 2. The molecule has 0 amide bonds. The standard InChI is InChI=1S/C16H16N4O4S2/c1-23-12-4-2-11(3-5-12)20-26(21,22)14-8-6-13(7-9-14)24-10-15-18-19-16(17)25-15/h2-9,20H,10H2,1H3,(H2,17,19). The second-order valence-electron chi connectivity index (χ2n) is 5.13. The Bertz CT molecular complexity index is 970. The van der Waals surface area contributed by atoms with Gasteiger partial charge < -0.3 is 15.2 Å². The van der Waals surface area contributed by atoms with Gasteiger partial charge in [0.15, 0.2) is 5.01 Å². The van der Waals surface area contributed by atoms with Gasteiger partial charge in [0.2, 0.25) is 5.13 Å². The molecule has 0 fully saturated rings. The Balaban J connectivity index is 1.65. The van der Waals surface area contributed by atoms with Crippen LogP contribution in [0.1, 0.15) is 5.01 Å². The highest BCUT2D eigenvalue weighted by Gasteiger charge is 2.14. The third-order valence-corrected chi connectivity index (χ3v) is 5.44. The molecule has 0 bridgehead atoms. The summed E-state index contributed by atoms with van der Waals surface area (Å²) in [7, 11) is -2.15. The van der Waals surface area contributed by atoms with Gasteiger partial charge in [0, 0.05) is 5.69 Å². The summed E-state index contributed by atoms with van der Waals surface area (Å²) in [4.78, 5) is 0.126. The van der Waals surface area contributed by atoms with Gasteiger partial charge >= 0.3 is 0 Å². The van der Waals surface area contributed by atoms with Crippen molar-refractivity contribution in [2.75, 3.05) is 17.6 Å². The summed E-state index contributed by atoms with van der Waals surface area (Å²) in [6.45, 7) is 0.213. The molecule has 0 saturated carbocycles. The van der Waals surface area contributed by atoms with E-state index in [0.717, 1.165) is 0 Å². The summed E-state index contributed by atoms with van der Waals surface area (Å²) in [5.41, 5.74) is 5.95. The van der Waals surface area contributed by atoms with Crippen molar-refractivity contribution in [1.29, 1.82) is 0 Å². The number of nitrogens with zero attached hydrogens (tertiary/aromatic N) is 2. The SMILES string of the molecule is COc1ccc(NS(=O)(=O)c2ccc(OCc3nnc(N)s3)cc2)cc1. The number of hydrogen-bond acceptors (Lipinski definition) is 8. The zero-order valence-corrected chi connectivity index (χ0v) is 15.4. The maximum absolute atomic E-state index is 12.4. The van der Waals surface area contributed by atoms with Gasteiger partial charge in [0.1, 0.15) is 18.1 Å². The summed E-state index contributed by atoms with van der Waals surface area (Å²) in [6, 6.07) is 12.7. The molecule has 3 aromatic rings. The Labute approximate surface area is 154 Å². The van der Waals surface area contributed by atoms with Crippen LogP contribution in [0.5, 0.6) is 11.5 Å². The summed E-state index contributed by atoms with van der Waals surface area (Å²) in [5.74, 6) is 1.16. The maximum atomic E-state index is 12.4. The molecule has 3 rings (SSSR count). The molecule has 3 N–H and O–H groups in total. The summed E-state index contributed by atoms with van der Waals surface area (Å²) in [5, 5.41) is 8.56. The van der Waals surface area contributed by atoms with Crippen LogP contribution < -0.4 is 19.9 Å². The zero-order chi connectivity index (χ0) is 18.6. The van der Waals surface area contributed by atoms with Crippen LogP contribution in [0.3, 0.4) is 0 Å². The van der Waals surface area contributed by atoms with Crippen molar-refractivity contribution in [1.82, 2.24) is 10.2 Å². The number of sulfonamides is 1. The molecule has 0 saturated heterocycles. The van der Waals surface area contributed by atoms with E-state index in [1.807, 2.05) is 0 Å². The lowest BCUT2D eigenvalue weighted by molar-refractivity contribution is 0.304. The Morgan fingerprint density at radius 1 is 1.04 bits per heavy atom. The summed E-state index contributed by atoms with van der Waals surface area (Å²) in [6.07, 6.45) is 0. The first kappa shape index (κ1) is 18.0. The molecular formula is C16H16N4O4S2. The smallest absolute Gasteiger partial charge is 0.261 e. The van der Waals surface area contributed by atoms with E-state index >= 15 is 0 Å². The minimum Gasteiger partial charge on any atom is -0.497 e. The molecule has 136 valence electrons. The van der Waals surface area contributed by atoms with E-state index in [2.05, 4.69) is 14.9 Å². The monoisotopic (exact) mass is 392 g/mol. The lowest BCUT2D eigenvalue weighted by atomic mass is 10.3. The largest absolute Gasteiger partial charge is 0.497 e. The highest BCUT2D eigenvalue weighted by Crippen LogP contribution is 2.22. The Morgan fingerprint density at radius 2 is 1.69 bits per heavy atom. The molecule has 0 aliphatic rings. The molecule has 2 aromatic carbocycles. The highest BCUT2D eigenvalue weighted by atomic mass is 32.2. The molecule has 10 heteroatoms. The Kier molecular flexibility index (Phi) is 5.24. The number of anilines is 2. The van der Waals surface area contributed by atoms with E-state index in [-0.39, 0.29) is 11.5 Å². The normalized spacial score (nSPS) is 11.1. The first-order valence-corrected chi connectivity index (χ1v) is 9.74. The second kappa shape index (κ2) is 7.58. The predicted molar refractivity (Wildman–Crippen MR) is 98.9 cm³/mol. The van der Waals surface area contributed by atoms with Crippen molar-refractivity contribution < 1.29 is 17.9 Å². The van der Waals surface area contributed by atoms with E-state index in [1.54, 1.807) is 43.5 Å². The van der Waals surface area contributed by atoms with Crippen LogP contribution in [0.15, 0.2) is 53.4 Å². The summed E-state index contributed by atoms with van der Waals surface area (Å²) < 4.78 is 38.0. The van der Waals surface area contributed by atoms with Gasteiger partial charge in [-0.05, 0) is 48.5 Å². The first-order valence-electron chi connectivity index (χ1n) is 7.44. The number of nitrogens with one attached hydrogen (secondary N) is 1. The van der Waals surface area contributed by atoms with Gasteiger partial charge in [-0.25, -0.2) is 8.42 Å². The minimum absolute atomic E-state index is 0.126. The third-order valence-electron chi connectivity index (χ3n) is 3.32. The minimum atomic E-state index is -3.70. The first-order chi connectivity index (χ1) is 12.5. The van der Waals surface area contributed by atoms with E-state index < -0.39 is 10.0 Å². The van der Waals surface area contributed by atoms with Gasteiger partial charge in [-0.2, -0.15) is 0 Å². The average Bonchev–Trinajstić information content (AvgIpc) is 3.06. The lowest BCUT2D eigenvalue weighted by Crippen LogP contribution is -2.12. The lowest BCUT2D eigenvalue weighted by Gasteiger charge is -2.10. The number of nitrogens with two attached hydrogens (primary N) is 1. The van der Waals surface area contributed by atoms with Crippen LogP contribution >= 0.6 is 11.3 Å². The van der Waals surface area contributed by atoms with E-state index in [4.69, 9.17) is 15.2 Å². The van der Waals surface area contributed by atoms with Gasteiger partial charge in [-0.1, -0.05) is 11.3 Å².